The molecule has 0 saturated heterocycles. The molecule has 0 heterocycles. The van der Waals surface area contributed by atoms with Crippen LogP contribution in [-0.2, 0) is 4.79 Å². The van der Waals surface area contributed by atoms with E-state index in [0.717, 1.165) is 12.8 Å². The Hall–Kier alpha value is -0.480. The third-order valence-electron chi connectivity index (χ3n) is 1.65. The van der Waals surface area contributed by atoms with E-state index in [2.05, 4.69) is 0 Å². The van der Waals surface area contributed by atoms with Crippen molar-refractivity contribution in [3.05, 3.63) is 0 Å². The first-order valence-corrected chi connectivity index (χ1v) is 4.10. The molecule has 0 saturated carbocycles. The average molecular weight is 170 g/mol. The van der Waals surface area contributed by atoms with Gasteiger partial charge < -0.3 is 16.6 Å². The lowest BCUT2D eigenvalue weighted by Gasteiger charge is -2.18. The van der Waals surface area contributed by atoms with E-state index in [1.807, 2.05) is 15.7 Å². The number of carboxylic acid groups (broad SMARTS) is 1. The standard InChI is InChI=1S/C6H16B2N2O2/c7-6(8,10)3-1-2-4(9)5(11)12/h4H,1-3,7-10H2,(H,11,12)/t4-/m0/s1. The lowest BCUT2D eigenvalue weighted by atomic mass is 9.60. The van der Waals surface area contributed by atoms with E-state index >= 15 is 0 Å². The molecule has 6 heteroatoms. The number of rotatable bonds is 5. The second-order valence-corrected chi connectivity index (χ2v) is 3.83. The van der Waals surface area contributed by atoms with Crippen LogP contribution in [0.25, 0.3) is 0 Å². The van der Waals surface area contributed by atoms with Crippen LogP contribution in [0.1, 0.15) is 19.3 Å². The number of carboxylic acids is 1. The van der Waals surface area contributed by atoms with Crippen molar-refractivity contribution in [2.24, 2.45) is 11.5 Å². The Balaban J connectivity index is 3.51. The molecule has 5 N–H and O–H groups in total. The summed E-state index contributed by atoms with van der Waals surface area (Å²) in [4.78, 5) is 10.3. The third-order valence-corrected chi connectivity index (χ3v) is 1.65. The van der Waals surface area contributed by atoms with Gasteiger partial charge in [0.15, 0.2) is 0 Å². The quantitative estimate of drug-likeness (QED) is 0.396. The molecule has 0 aromatic heterocycles. The molecular formula is C6H16B2N2O2. The molecule has 0 aliphatic rings. The highest BCUT2D eigenvalue weighted by Gasteiger charge is 2.14. The first-order valence-electron chi connectivity index (χ1n) is 4.10. The molecular weight excluding hydrogens is 154 g/mol. The van der Waals surface area contributed by atoms with Gasteiger partial charge in [-0.25, -0.2) is 0 Å². The van der Waals surface area contributed by atoms with E-state index in [1.165, 1.54) is 0 Å². The topological polar surface area (TPSA) is 89.3 Å². The van der Waals surface area contributed by atoms with Gasteiger partial charge in [0.2, 0.25) is 0 Å². The van der Waals surface area contributed by atoms with Crippen LogP contribution in [-0.4, -0.2) is 38.1 Å². The molecule has 0 fully saturated rings. The molecule has 0 radical (unpaired) electrons. The van der Waals surface area contributed by atoms with Crippen molar-refractivity contribution in [2.45, 2.75) is 30.6 Å². The molecule has 0 spiro atoms. The van der Waals surface area contributed by atoms with Gasteiger partial charge in [-0.1, -0.05) is 12.8 Å². The molecule has 68 valence electrons. The number of hydrogen-bond acceptors (Lipinski definition) is 3. The summed E-state index contributed by atoms with van der Waals surface area (Å²) in [5.41, 5.74) is 11.0. The maximum absolute atomic E-state index is 10.3. The first-order chi connectivity index (χ1) is 5.33. The van der Waals surface area contributed by atoms with Crippen molar-refractivity contribution in [1.29, 1.82) is 0 Å². The van der Waals surface area contributed by atoms with Crippen LogP contribution in [0.15, 0.2) is 0 Å². The summed E-state index contributed by atoms with van der Waals surface area (Å²) in [5, 5.41) is 8.23. The Bertz CT molecular complexity index is 158. The van der Waals surface area contributed by atoms with E-state index < -0.39 is 12.0 Å². The minimum Gasteiger partial charge on any atom is -0.480 e. The van der Waals surface area contributed by atoms with Gasteiger partial charge in [0.05, 0.1) is 0 Å². The molecule has 0 unspecified atom stereocenters. The molecule has 0 bridgehead atoms. The van der Waals surface area contributed by atoms with Gasteiger partial charge >= 0.3 is 5.97 Å². The van der Waals surface area contributed by atoms with Crippen LogP contribution in [0.3, 0.4) is 0 Å². The summed E-state index contributed by atoms with van der Waals surface area (Å²) in [6.45, 7) is 0. The number of aliphatic carboxylic acids is 1. The van der Waals surface area contributed by atoms with Crippen LogP contribution in [0.4, 0.5) is 0 Å². The Morgan fingerprint density at radius 2 is 2.08 bits per heavy atom. The van der Waals surface area contributed by atoms with E-state index in [-0.39, 0.29) is 5.34 Å². The zero-order chi connectivity index (χ0) is 9.78. The maximum atomic E-state index is 10.3. The highest BCUT2D eigenvalue weighted by molar-refractivity contribution is 6.39. The van der Waals surface area contributed by atoms with Crippen molar-refractivity contribution in [3.63, 3.8) is 0 Å². The van der Waals surface area contributed by atoms with Crippen LogP contribution < -0.4 is 11.5 Å². The molecule has 0 aliphatic heterocycles. The van der Waals surface area contributed by atoms with Gasteiger partial charge in [-0.05, 0) is 11.8 Å². The summed E-state index contributed by atoms with van der Waals surface area (Å²) < 4.78 is 0. The molecule has 4 nitrogen and oxygen atoms in total. The summed E-state index contributed by atoms with van der Waals surface area (Å²) in [6, 6.07) is -0.743. The van der Waals surface area contributed by atoms with Gasteiger partial charge in [0.25, 0.3) is 0 Å². The number of hydrogen-bond donors (Lipinski definition) is 3. The molecule has 0 aromatic carbocycles. The predicted molar refractivity (Wildman–Crippen MR) is 53.5 cm³/mol. The van der Waals surface area contributed by atoms with Gasteiger partial charge in [0, 0.05) is 0 Å². The second kappa shape index (κ2) is 4.52. The van der Waals surface area contributed by atoms with Crippen LogP contribution >= 0.6 is 0 Å². The fraction of sp³-hybridized carbons (Fsp3) is 0.833. The Labute approximate surface area is 74.5 Å². The van der Waals surface area contributed by atoms with E-state index in [1.54, 1.807) is 0 Å². The fourth-order valence-electron chi connectivity index (χ4n) is 0.901. The SMILES string of the molecule is BC(B)(N)CCC[C@H](N)C(=O)O. The van der Waals surface area contributed by atoms with Crippen LogP contribution in [0, 0.1) is 0 Å². The maximum Gasteiger partial charge on any atom is 0.320 e. The average Bonchev–Trinajstić information content (AvgIpc) is 1.84. The monoisotopic (exact) mass is 170 g/mol. The lowest BCUT2D eigenvalue weighted by molar-refractivity contribution is -0.138. The zero-order valence-electron chi connectivity index (χ0n) is 7.71. The molecule has 0 aromatic rings. The molecule has 0 aliphatic carbocycles. The Morgan fingerprint density at radius 3 is 2.42 bits per heavy atom. The van der Waals surface area contributed by atoms with E-state index in [0.29, 0.717) is 6.42 Å². The molecule has 12 heavy (non-hydrogen) atoms. The highest BCUT2D eigenvalue weighted by Crippen LogP contribution is 2.05. The van der Waals surface area contributed by atoms with Crippen molar-refractivity contribution in [1.82, 2.24) is 0 Å². The lowest BCUT2D eigenvalue weighted by Crippen LogP contribution is -2.41. The first kappa shape index (κ1) is 11.5. The van der Waals surface area contributed by atoms with Crippen molar-refractivity contribution >= 4 is 21.7 Å². The van der Waals surface area contributed by atoms with Gasteiger partial charge in [-0.2, -0.15) is 0 Å². The Morgan fingerprint density at radius 1 is 1.58 bits per heavy atom. The molecule has 1 atom stereocenters. The van der Waals surface area contributed by atoms with E-state index in [9.17, 15) is 4.79 Å². The third kappa shape index (κ3) is 6.24. The second-order valence-electron chi connectivity index (χ2n) is 3.83. The van der Waals surface area contributed by atoms with Gasteiger partial charge in [-0.3, -0.25) is 4.79 Å². The molecule has 0 amide bonds. The van der Waals surface area contributed by atoms with Crippen LogP contribution in [0.2, 0.25) is 0 Å². The Kier molecular flexibility index (Phi) is 4.34. The fourth-order valence-corrected chi connectivity index (χ4v) is 0.901. The highest BCUT2D eigenvalue weighted by atomic mass is 16.4. The minimum atomic E-state index is -0.940. The van der Waals surface area contributed by atoms with Crippen molar-refractivity contribution in [3.8, 4) is 0 Å². The normalized spacial score (nSPS) is 14.2. The summed E-state index contributed by atoms with van der Waals surface area (Å²) in [6.07, 6.45) is 2.06. The zero-order valence-corrected chi connectivity index (χ0v) is 7.71. The van der Waals surface area contributed by atoms with Gasteiger partial charge in [0.1, 0.15) is 21.7 Å². The smallest absolute Gasteiger partial charge is 0.320 e. The summed E-state index contributed by atoms with van der Waals surface area (Å²) >= 11 is 0. The minimum absolute atomic E-state index is 0.224. The van der Waals surface area contributed by atoms with Crippen LogP contribution in [0.5, 0.6) is 0 Å². The largest absolute Gasteiger partial charge is 0.480 e. The number of nitrogens with two attached hydrogens (primary N) is 2. The molecule has 0 rings (SSSR count). The van der Waals surface area contributed by atoms with Gasteiger partial charge in [-0.15, -0.1) is 0 Å². The summed E-state index contributed by atoms with van der Waals surface area (Å²) in [5.74, 6) is -0.940. The van der Waals surface area contributed by atoms with E-state index in [4.69, 9.17) is 16.6 Å². The van der Waals surface area contributed by atoms with Crippen molar-refractivity contribution < 1.29 is 9.90 Å². The predicted octanol–water partition coefficient (Wildman–Crippen LogP) is -2.55. The summed E-state index contributed by atoms with van der Waals surface area (Å²) in [7, 11) is 3.83. The number of carbonyl (C=O) groups is 1. The van der Waals surface area contributed by atoms with Crippen molar-refractivity contribution in [2.75, 3.05) is 0 Å².